The smallest absolute Gasteiger partial charge is 0.130 e. The van der Waals surface area contributed by atoms with Gasteiger partial charge in [-0.15, -0.1) is 10.2 Å². The van der Waals surface area contributed by atoms with Crippen LogP contribution in [0.4, 0.5) is 0 Å². The van der Waals surface area contributed by atoms with Crippen LogP contribution in [-0.4, -0.2) is 9.46 Å². The van der Waals surface area contributed by atoms with E-state index in [4.69, 9.17) is 34.8 Å². The molecule has 0 aromatic carbocycles. The Bertz CT molecular complexity index is 221. The van der Waals surface area contributed by atoms with Gasteiger partial charge in [0.25, 0.3) is 0 Å². The lowest BCUT2D eigenvalue weighted by Gasteiger charge is -2.26. The van der Waals surface area contributed by atoms with Crippen molar-refractivity contribution in [3.8, 4) is 0 Å². The second kappa shape index (κ2) is 4.07. The van der Waals surface area contributed by atoms with E-state index in [2.05, 4.69) is 20.7 Å². The van der Waals surface area contributed by atoms with Crippen LogP contribution in [0.3, 0.4) is 0 Å². The molecule has 0 saturated carbocycles. The molecular weight excluding hydrogens is 234 g/mol. The quantitative estimate of drug-likeness (QED) is 0.671. The summed E-state index contributed by atoms with van der Waals surface area (Å²) in [5.74, 6) is 0. The van der Waals surface area contributed by atoms with Gasteiger partial charge in [-0.05, 0) is 16.9 Å². The molecule has 0 unspecified atom stereocenters. The molecule has 1 heterocycles. The zero-order valence-electron chi connectivity index (χ0n) is 7.04. The molecule has 0 atom stereocenters. The van der Waals surface area contributed by atoms with Crippen LogP contribution in [0.1, 0.15) is 26.2 Å². The molecule has 0 aliphatic carbocycles. The minimum Gasteiger partial charge on any atom is -0.130 e. The van der Waals surface area contributed by atoms with Gasteiger partial charge >= 0.3 is 0 Å². The maximum Gasteiger partial charge on any atom is 0.241 e. The number of unbranched alkanes of at least 4 members (excludes halogenated alkanes) is 1. The first-order chi connectivity index (χ1) is 6.02. The SMILES string of the molecule is CCCCC1(C(Cl)(Cl)Cl)N=NN=N1. The summed E-state index contributed by atoms with van der Waals surface area (Å²) < 4.78 is -1.58. The molecule has 1 aliphatic rings. The van der Waals surface area contributed by atoms with Gasteiger partial charge in [-0.25, -0.2) is 0 Å². The van der Waals surface area contributed by atoms with Crippen LogP contribution >= 0.6 is 34.8 Å². The largest absolute Gasteiger partial charge is 0.241 e. The van der Waals surface area contributed by atoms with Crippen LogP contribution in [0.2, 0.25) is 0 Å². The molecule has 0 fully saturated rings. The van der Waals surface area contributed by atoms with Gasteiger partial charge in [0.1, 0.15) is 0 Å². The lowest BCUT2D eigenvalue weighted by atomic mass is 10.1. The Hall–Kier alpha value is 0.0700. The molecule has 1 aliphatic heterocycles. The van der Waals surface area contributed by atoms with Gasteiger partial charge in [0.05, 0.1) is 0 Å². The summed E-state index contributed by atoms with van der Waals surface area (Å²) in [6.07, 6.45) is 2.40. The number of nitrogens with zero attached hydrogens (tertiary/aromatic N) is 4. The van der Waals surface area contributed by atoms with E-state index >= 15 is 0 Å². The monoisotopic (exact) mass is 242 g/mol. The molecule has 0 N–H and O–H groups in total. The molecule has 74 valence electrons. The van der Waals surface area contributed by atoms with E-state index in [1.54, 1.807) is 0 Å². The second-order valence-corrected chi connectivity index (χ2v) is 5.08. The maximum atomic E-state index is 5.76. The van der Waals surface area contributed by atoms with Crippen molar-refractivity contribution in [1.29, 1.82) is 0 Å². The molecule has 13 heavy (non-hydrogen) atoms. The van der Waals surface area contributed by atoms with Crippen molar-refractivity contribution in [2.75, 3.05) is 0 Å². The third kappa shape index (κ3) is 2.30. The van der Waals surface area contributed by atoms with Crippen molar-refractivity contribution in [2.24, 2.45) is 20.7 Å². The highest BCUT2D eigenvalue weighted by Crippen LogP contribution is 2.47. The molecule has 4 nitrogen and oxygen atoms in total. The lowest BCUT2D eigenvalue weighted by Crippen LogP contribution is -2.37. The van der Waals surface area contributed by atoms with Crippen molar-refractivity contribution in [3.05, 3.63) is 0 Å². The summed E-state index contributed by atoms with van der Waals surface area (Å²) >= 11 is 17.3. The van der Waals surface area contributed by atoms with Gasteiger partial charge in [0.2, 0.25) is 9.46 Å². The number of halogens is 3. The van der Waals surface area contributed by atoms with E-state index in [1.807, 2.05) is 6.92 Å². The van der Waals surface area contributed by atoms with Crippen molar-refractivity contribution in [1.82, 2.24) is 0 Å². The van der Waals surface area contributed by atoms with Crippen LogP contribution in [0, 0.1) is 0 Å². The number of hydrogen-bond acceptors (Lipinski definition) is 4. The standard InChI is InChI=1S/C6H9Cl3N4/c1-2-3-4-5(6(7,8)9)10-12-13-11-5/h2-4H2,1H3. The highest BCUT2D eigenvalue weighted by molar-refractivity contribution is 6.68. The van der Waals surface area contributed by atoms with Crippen molar-refractivity contribution in [2.45, 2.75) is 35.6 Å². The number of hydrogen-bond donors (Lipinski definition) is 0. The van der Waals surface area contributed by atoms with Crippen LogP contribution in [0.25, 0.3) is 0 Å². The lowest BCUT2D eigenvalue weighted by molar-refractivity contribution is 0.400. The van der Waals surface area contributed by atoms with Gasteiger partial charge in [-0.2, -0.15) is 0 Å². The molecule has 0 spiro atoms. The van der Waals surface area contributed by atoms with E-state index in [9.17, 15) is 0 Å². The Morgan fingerprint density at radius 3 is 2.08 bits per heavy atom. The average molecular weight is 244 g/mol. The molecule has 0 saturated heterocycles. The van der Waals surface area contributed by atoms with Crippen molar-refractivity contribution >= 4 is 34.8 Å². The summed E-state index contributed by atoms with van der Waals surface area (Å²) in [5.41, 5.74) is -1.10. The zero-order valence-corrected chi connectivity index (χ0v) is 9.31. The Morgan fingerprint density at radius 2 is 1.69 bits per heavy atom. The summed E-state index contributed by atoms with van der Waals surface area (Å²) in [6, 6.07) is 0. The van der Waals surface area contributed by atoms with Crippen molar-refractivity contribution in [3.63, 3.8) is 0 Å². The highest BCUT2D eigenvalue weighted by atomic mass is 35.6. The Balaban J connectivity index is 2.77. The summed E-state index contributed by atoms with van der Waals surface area (Å²) in [4.78, 5) is 0. The topological polar surface area (TPSA) is 49.4 Å². The molecule has 0 radical (unpaired) electrons. The molecule has 0 aromatic heterocycles. The highest BCUT2D eigenvalue weighted by Gasteiger charge is 2.51. The third-order valence-corrected chi connectivity index (χ3v) is 2.70. The minimum atomic E-state index is -1.58. The maximum absolute atomic E-state index is 5.76. The van der Waals surface area contributed by atoms with E-state index in [0.29, 0.717) is 6.42 Å². The summed E-state index contributed by atoms with van der Waals surface area (Å²) in [6.45, 7) is 2.04. The molecular formula is C6H9Cl3N4. The summed E-state index contributed by atoms with van der Waals surface area (Å²) in [5, 5.41) is 14.3. The average Bonchev–Trinajstić information content (AvgIpc) is 2.48. The predicted octanol–water partition coefficient (Wildman–Crippen LogP) is 4.08. The van der Waals surface area contributed by atoms with E-state index in [-0.39, 0.29) is 0 Å². The van der Waals surface area contributed by atoms with Crippen LogP contribution in [0.15, 0.2) is 20.7 Å². The van der Waals surface area contributed by atoms with Gasteiger partial charge in [-0.3, -0.25) is 0 Å². The number of alkyl halides is 3. The molecule has 7 heteroatoms. The molecule has 0 aromatic rings. The first-order valence-electron chi connectivity index (χ1n) is 3.92. The normalized spacial score (nSPS) is 19.7. The van der Waals surface area contributed by atoms with E-state index < -0.39 is 9.46 Å². The summed E-state index contributed by atoms with van der Waals surface area (Å²) in [7, 11) is 0. The van der Waals surface area contributed by atoms with E-state index in [1.165, 1.54) is 0 Å². The van der Waals surface area contributed by atoms with Gasteiger partial charge in [-0.1, -0.05) is 48.1 Å². The van der Waals surface area contributed by atoms with Crippen molar-refractivity contribution < 1.29 is 0 Å². The molecule has 0 amide bonds. The molecule has 0 bridgehead atoms. The Morgan fingerprint density at radius 1 is 1.15 bits per heavy atom. The fourth-order valence-corrected chi connectivity index (χ4v) is 1.50. The third-order valence-electron chi connectivity index (χ3n) is 1.79. The Labute approximate surface area is 91.3 Å². The molecule has 1 rings (SSSR count). The minimum absolute atomic E-state index is 0.549. The predicted molar refractivity (Wildman–Crippen MR) is 52.3 cm³/mol. The Kier molecular flexibility index (Phi) is 3.49. The first kappa shape index (κ1) is 11.1. The first-order valence-corrected chi connectivity index (χ1v) is 5.06. The van der Waals surface area contributed by atoms with Crippen LogP contribution < -0.4 is 0 Å². The van der Waals surface area contributed by atoms with Gasteiger partial charge in [0, 0.05) is 6.42 Å². The second-order valence-electron chi connectivity index (χ2n) is 2.80. The fourth-order valence-electron chi connectivity index (χ4n) is 0.986. The van der Waals surface area contributed by atoms with E-state index in [0.717, 1.165) is 12.8 Å². The van der Waals surface area contributed by atoms with Gasteiger partial charge < -0.3 is 0 Å². The number of rotatable bonds is 3. The van der Waals surface area contributed by atoms with Crippen LogP contribution in [-0.2, 0) is 0 Å². The van der Waals surface area contributed by atoms with Gasteiger partial charge in [0.15, 0.2) is 0 Å². The zero-order chi connectivity index (χ0) is 9.95. The van der Waals surface area contributed by atoms with Crippen LogP contribution in [0.5, 0.6) is 0 Å². The fraction of sp³-hybridized carbons (Fsp3) is 1.00.